The lowest BCUT2D eigenvalue weighted by Gasteiger charge is -2.36. The highest BCUT2D eigenvalue weighted by Crippen LogP contribution is 2.42. The van der Waals surface area contributed by atoms with Crippen molar-refractivity contribution < 1.29 is 34.0 Å². The summed E-state index contributed by atoms with van der Waals surface area (Å²) in [5.74, 6) is -0.0139. The number of methoxy groups -OCH3 is 1. The molecule has 2 N–H and O–H groups in total. The van der Waals surface area contributed by atoms with Crippen molar-refractivity contribution in [2.75, 3.05) is 12.9 Å². The molecule has 19 heavy (non-hydrogen) atoms. The van der Waals surface area contributed by atoms with Gasteiger partial charge >= 0.3 is 5.97 Å². The fraction of sp³-hybridized carbons (Fsp3) is 0.909. The van der Waals surface area contributed by atoms with E-state index >= 15 is 0 Å². The number of thioether (sulfide) groups is 1. The number of aliphatic hydroxyl groups is 2. The van der Waals surface area contributed by atoms with E-state index in [9.17, 15) is 15.0 Å². The predicted octanol–water partition coefficient (Wildman–Crippen LogP) is -0.552. The van der Waals surface area contributed by atoms with Gasteiger partial charge in [0.05, 0.1) is 7.11 Å². The maximum absolute atomic E-state index is 11.5. The van der Waals surface area contributed by atoms with Crippen molar-refractivity contribution in [1.29, 1.82) is 0 Å². The molecule has 0 aromatic carbocycles. The second-order valence-corrected chi connectivity index (χ2v) is 6.03. The Morgan fingerprint density at radius 2 is 2.05 bits per heavy atom. The van der Waals surface area contributed by atoms with Gasteiger partial charge in [-0.05, 0) is 5.75 Å². The number of rotatable bonds is 3. The largest absolute Gasteiger partial charge is 0.467 e. The first-order valence-electron chi connectivity index (χ1n) is 6.01. The minimum absolute atomic E-state index is 0.745. The van der Waals surface area contributed by atoms with Crippen molar-refractivity contribution in [2.24, 2.45) is 0 Å². The summed E-state index contributed by atoms with van der Waals surface area (Å²) < 4.78 is 21.0. The molecule has 2 fully saturated rings. The molecule has 2 rings (SSSR count). The Hall–Kier alpha value is -0.380. The molecule has 0 saturated carbocycles. The molecular formula is C11H18O7S. The van der Waals surface area contributed by atoms with E-state index in [-0.39, 0.29) is 0 Å². The van der Waals surface area contributed by atoms with Gasteiger partial charge in [0.2, 0.25) is 5.12 Å². The molecule has 2 aliphatic heterocycles. The van der Waals surface area contributed by atoms with Gasteiger partial charge in [0.25, 0.3) is 0 Å². The van der Waals surface area contributed by atoms with Crippen LogP contribution in [0.3, 0.4) is 0 Å². The van der Waals surface area contributed by atoms with Crippen molar-refractivity contribution in [1.82, 2.24) is 0 Å². The van der Waals surface area contributed by atoms with Gasteiger partial charge in [0, 0.05) is 6.92 Å². The number of hydrogen-bond donors (Lipinski definition) is 2. The van der Waals surface area contributed by atoms with E-state index in [1.54, 1.807) is 6.92 Å². The van der Waals surface area contributed by atoms with Crippen LogP contribution in [0.4, 0.5) is 0 Å². The zero-order valence-electron chi connectivity index (χ0n) is 10.9. The van der Waals surface area contributed by atoms with E-state index in [1.165, 1.54) is 18.9 Å². The zero-order valence-corrected chi connectivity index (χ0v) is 11.8. The molecule has 6 atom stereocenters. The van der Waals surface area contributed by atoms with Crippen LogP contribution in [0.2, 0.25) is 0 Å². The molecule has 7 nitrogen and oxygen atoms in total. The first-order valence-corrected chi connectivity index (χ1v) is 6.99. The predicted molar refractivity (Wildman–Crippen MR) is 65.2 cm³/mol. The Kier molecular flexibility index (Phi) is 4.38. The van der Waals surface area contributed by atoms with Crippen LogP contribution in [0.1, 0.15) is 13.8 Å². The van der Waals surface area contributed by atoms with Crippen molar-refractivity contribution in [3.63, 3.8) is 0 Å². The number of ether oxygens (including phenoxy) is 4. The van der Waals surface area contributed by atoms with E-state index in [0.717, 1.165) is 5.75 Å². The molecule has 0 radical (unpaired) electrons. The molecule has 0 aromatic rings. The van der Waals surface area contributed by atoms with Crippen molar-refractivity contribution in [3.05, 3.63) is 0 Å². The second kappa shape index (κ2) is 5.55. The third-order valence-corrected chi connectivity index (χ3v) is 4.07. The molecule has 8 heteroatoms. The molecule has 110 valence electrons. The molecule has 0 amide bonds. The number of aliphatic hydroxyl groups excluding tert-OH is 2. The van der Waals surface area contributed by atoms with Crippen LogP contribution in [0.25, 0.3) is 0 Å². The second-order valence-electron chi connectivity index (χ2n) is 4.43. The molecule has 0 aromatic heterocycles. The number of carbonyl (C=O) groups excluding carboxylic acids is 1. The van der Waals surface area contributed by atoms with Crippen LogP contribution in [-0.2, 0) is 23.7 Å². The van der Waals surface area contributed by atoms with Gasteiger partial charge in [-0.2, -0.15) is 0 Å². The minimum atomic E-state index is -1.41. The molecule has 0 aliphatic carbocycles. The minimum Gasteiger partial charge on any atom is -0.467 e. The fourth-order valence-corrected chi connectivity index (χ4v) is 3.05. The van der Waals surface area contributed by atoms with Gasteiger partial charge in [0.1, 0.15) is 18.3 Å². The molecule has 2 saturated heterocycles. The van der Waals surface area contributed by atoms with Gasteiger partial charge in [-0.3, -0.25) is 0 Å². The van der Waals surface area contributed by atoms with Gasteiger partial charge in [-0.1, -0.05) is 18.7 Å². The van der Waals surface area contributed by atoms with Crippen LogP contribution in [0.5, 0.6) is 0 Å². The van der Waals surface area contributed by atoms with E-state index in [2.05, 4.69) is 4.74 Å². The van der Waals surface area contributed by atoms with Crippen LogP contribution in [-0.4, -0.2) is 64.9 Å². The monoisotopic (exact) mass is 294 g/mol. The fourth-order valence-electron chi connectivity index (χ4n) is 2.18. The van der Waals surface area contributed by atoms with Crippen molar-refractivity contribution >= 4 is 17.7 Å². The van der Waals surface area contributed by atoms with E-state index in [4.69, 9.17) is 14.2 Å². The standard InChI is InChI=1S/C11H18O7S/c1-4-19-11(2)17-8-6(13)5(12)7(9(14)15-3)16-10(8)18-11/h5-8,10,12-13H,4H2,1-3H3/t5-,6-,7-,8+,10+,11-/m0/s1. The van der Waals surface area contributed by atoms with Crippen LogP contribution in [0, 0.1) is 0 Å². The van der Waals surface area contributed by atoms with Crippen molar-refractivity contribution in [2.45, 2.75) is 49.7 Å². The summed E-state index contributed by atoms with van der Waals surface area (Å²) in [4.78, 5) is 11.5. The maximum Gasteiger partial charge on any atom is 0.337 e. The molecule has 2 heterocycles. The molecule has 0 bridgehead atoms. The third kappa shape index (κ3) is 2.74. The maximum atomic E-state index is 11.5. The lowest BCUT2D eigenvalue weighted by molar-refractivity contribution is -0.250. The lowest BCUT2D eigenvalue weighted by atomic mass is 9.99. The summed E-state index contributed by atoms with van der Waals surface area (Å²) in [5.41, 5.74) is 0. The summed E-state index contributed by atoms with van der Waals surface area (Å²) in [5, 5.41) is 18.9. The third-order valence-electron chi connectivity index (χ3n) is 3.07. The highest BCUT2D eigenvalue weighted by Gasteiger charge is 2.57. The summed E-state index contributed by atoms with van der Waals surface area (Å²) >= 11 is 1.39. The van der Waals surface area contributed by atoms with Crippen molar-refractivity contribution in [3.8, 4) is 0 Å². The van der Waals surface area contributed by atoms with Crippen LogP contribution >= 0.6 is 11.8 Å². The SMILES string of the molecule is CCS[C@]1(C)O[C@H]2O[C@H](C(=O)OC)[C@@H](O)[C@H](O)[C@H]2O1. The molecule has 2 aliphatic rings. The zero-order chi connectivity index (χ0) is 14.2. The molecule has 0 spiro atoms. The summed E-state index contributed by atoms with van der Waals surface area (Å²) in [6.07, 6.45) is -5.71. The average Bonchev–Trinajstić information content (AvgIpc) is 2.70. The molecular weight excluding hydrogens is 276 g/mol. The summed E-state index contributed by atoms with van der Waals surface area (Å²) in [6.45, 7) is 3.64. The van der Waals surface area contributed by atoms with E-state index in [0.29, 0.717) is 0 Å². The summed E-state index contributed by atoms with van der Waals surface area (Å²) in [6, 6.07) is 0. The molecule has 0 unspecified atom stereocenters. The van der Waals surface area contributed by atoms with Crippen LogP contribution < -0.4 is 0 Å². The smallest absolute Gasteiger partial charge is 0.337 e. The highest BCUT2D eigenvalue weighted by molar-refractivity contribution is 8.00. The number of esters is 1. The first-order chi connectivity index (χ1) is 8.91. The Morgan fingerprint density at radius 3 is 2.63 bits per heavy atom. The number of hydrogen-bond acceptors (Lipinski definition) is 8. The van der Waals surface area contributed by atoms with Crippen LogP contribution in [0.15, 0.2) is 0 Å². The van der Waals surface area contributed by atoms with E-state index < -0.39 is 41.8 Å². The Bertz CT molecular complexity index is 352. The highest BCUT2D eigenvalue weighted by atomic mass is 32.2. The van der Waals surface area contributed by atoms with E-state index in [1.807, 2.05) is 6.92 Å². The Balaban J connectivity index is 2.13. The first kappa shape index (κ1) is 15.0. The number of carbonyl (C=O) groups is 1. The lowest BCUT2D eigenvalue weighted by Crippen LogP contribution is -2.58. The number of fused-ring (bicyclic) bond motifs is 1. The van der Waals surface area contributed by atoms with Gasteiger partial charge in [0.15, 0.2) is 12.4 Å². The Labute approximate surface area is 115 Å². The topological polar surface area (TPSA) is 94.5 Å². The quantitative estimate of drug-likeness (QED) is 0.670. The van der Waals surface area contributed by atoms with Gasteiger partial charge < -0.3 is 29.2 Å². The van der Waals surface area contributed by atoms with Gasteiger partial charge in [-0.15, -0.1) is 0 Å². The average molecular weight is 294 g/mol. The normalized spacial score (nSPS) is 45.8. The Morgan fingerprint density at radius 1 is 1.37 bits per heavy atom. The summed E-state index contributed by atoms with van der Waals surface area (Å²) in [7, 11) is 1.18. The van der Waals surface area contributed by atoms with Gasteiger partial charge in [-0.25, -0.2) is 4.79 Å².